The molecule has 0 aromatic carbocycles. The summed E-state index contributed by atoms with van der Waals surface area (Å²) in [6, 6.07) is 0. The van der Waals surface area contributed by atoms with Crippen LogP contribution >= 0.6 is 23.4 Å². The van der Waals surface area contributed by atoms with E-state index in [4.69, 9.17) is 0 Å². The van der Waals surface area contributed by atoms with Gasteiger partial charge in [-0.2, -0.15) is 23.4 Å². The summed E-state index contributed by atoms with van der Waals surface area (Å²) in [7, 11) is 0. The fraction of sp³-hybridized carbons (Fsp3) is 0. The zero-order chi connectivity index (χ0) is 0. The molecule has 26 valence electrons. The Morgan fingerprint density at radius 1 is 1.00 bits per heavy atom. The molecular weight excluding hydrogens is 178 g/mol. The van der Waals surface area contributed by atoms with Crippen LogP contribution in [0.2, 0.25) is 0 Å². The summed E-state index contributed by atoms with van der Waals surface area (Å²) >= 11 is 0. The molecule has 1 atom stereocenters. The van der Waals surface area contributed by atoms with E-state index in [0.29, 0.717) is 0 Å². The molecule has 0 aromatic heterocycles. The second kappa shape index (κ2) is 17.1. The summed E-state index contributed by atoms with van der Waals surface area (Å²) in [5.74, 6) is 0. The van der Waals surface area contributed by atoms with E-state index in [0.717, 1.165) is 0 Å². The van der Waals surface area contributed by atoms with Crippen LogP contribution < -0.4 is 0 Å². The fourth-order valence-electron chi connectivity index (χ4n) is 0. The molecule has 4 heteroatoms. The van der Waals surface area contributed by atoms with Crippen LogP contribution in [0.4, 0.5) is 0 Å². The first kappa shape index (κ1) is 29.2. The van der Waals surface area contributed by atoms with Gasteiger partial charge in [0.05, 0.1) is 0 Å². The molecule has 0 radical (unpaired) electrons. The second-order valence-corrected chi connectivity index (χ2v) is 0. The Bertz CT molecular complexity index is 8.00. The molecule has 0 aromatic rings. The Labute approximate surface area is 84.6 Å². The minimum atomic E-state index is 0. The fourth-order valence-corrected chi connectivity index (χ4v) is 0. The van der Waals surface area contributed by atoms with E-state index in [9.17, 15) is 0 Å². The van der Waals surface area contributed by atoms with Crippen LogP contribution in [0.5, 0.6) is 0 Å². The van der Waals surface area contributed by atoms with Gasteiger partial charge in [-0.15, -0.1) is 0 Å². The molecule has 0 saturated heterocycles. The summed E-state index contributed by atoms with van der Waals surface area (Å²) in [5.41, 5.74) is 0. The Hall–Kier alpha value is 2.79. The van der Waals surface area contributed by atoms with E-state index in [1.54, 1.807) is 0 Å². The third-order valence-corrected chi connectivity index (χ3v) is 0. The molecule has 0 N–H and O–H groups in total. The standard InChI is InChI=1S/Al.H3P.H2S.Sr.5H/h;1H3;1H2;;;;;;. The normalized spacial score (nSPS) is 0. The Balaban J connectivity index is 0. The molecule has 0 spiro atoms. The summed E-state index contributed by atoms with van der Waals surface area (Å²) in [4.78, 5) is 0. The number of rotatable bonds is 0. The average Bonchev–Trinajstić information content (AvgIpc) is 0. The van der Waals surface area contributed by atoms with Crippen molar-refractivity contribution in [3.05, 3.63) is 0 Å². The molecule has 0 aliphatic heterocycles. The summed E-state index contributed by atoms with van der Waals surface area (Å²) in [6.07, 6.45) is 0. The predicted octanol–water partition coefficient (Wildman–Crippen LogP) is -1.93. The van der Waals surface area contributed by atoms with Crippen molar-refractivity contribution in [2.75, 3.05) is 0 Å². The van der Waals surface area contributed by atoms with Gasteiger partial charge in [0.25, 0.3) is 0 Å². The molecule has 0 fully saturated rings. The van der Waals surface area contributed by atoms with Crippen LogP contribution in [-0.4, -0.2) is 62.8 Å². The summed E-state index contributed by atoms with van der Waals surface area (Å²) in [5, 5.41) is 0. The third kappa shape index (κ3) is 8.84. The van der Waals surface area contributed by atoms with E-state index in [-0.39, 0.29) is 86.2 Å². The molecule has 1 unspecified atom stereocenters. The first-order valence-corrected chi connectivity index (χ1v) is 0. The molecule has 4 heavy (non-hydrogen) atoms. The van der Waals surface area contributed by atoms with Crippen molar-refractivity contribution in [2.45, 2.75) is 0 Å². The first-order chi connectivity index (χ1) is 0. The number of hydrogen-bond donors (Lipinski definition) is 0. The third-order valence-electron chi connectivity index (χ3n) is 0. The first-order valence-electron chi connectivity index (χ1n) is 0. The topological polar surface area (TPSA) is 0 Å². The minimum absolute atomic E-state index is 0. The molecule has 0 nitrogen and oxygen atoms in total. The zero-order valence-corrected chi connectivity index (χ0v) is 3.62. The van der Waals surface area contributed by atoms with Crippen LogP contribution in [0.3, 0.4) is 0 Å². The SMILES string of the molecule is P.S.[AlH3].[SrH2]. The predicted molar refractivity (Wildman–Crippen MR) is 40.0 cm³/mol. The Kier molecular flexibility index (Phi) is 125. The van der Waals surface area contributed by atoms with Gasteiger partial charge in [0.2, 0.25) is 0 Å². The van der Waals surface area contributed by atoms with Gasteiger partial charge in [0.15, 0.2) is 17.4 Å². The van der Waals surface area contributed by atoms with Gasteiger partial charge in [-0.1, -0.05) is 0 Å². The van der Waals surface area contributed by atoms with Crippen molar-refractivity contribution < 1.29 is 0 Å². The van der Waals surface area contributed by atoms with Gasteiger partial charge in [-0.3, -0.25) is 0 Å². The zero-order valence-electron chi connectivity index (χ0n) is 1.21. The van der Waals surface area contributed by atoms with Crippen molar-refractivity contribution in [3.8, 4) is 0 Å². The van der Waals surface area contributed by atoms with Crippen LogP contribution in [0.15, 0.2) is 0 Å². The van der Waals surface area contributed by atoms with E-state index < -0.39 is 0 Å². The summed E-state index contributed by atoms with van der Waals surface area (Å²) < 4.78 is 0. The van der Waals surface area contributed by atoms with Gasteiger partial charge in [0, 0.05) is 0 Å². The van der Waals surface area contributed by atoms with Crippen molar-refractivity contribution in [1.82, 2.24) is 0 Å². The van der Waals surface area contributed by atoms with Crippen LogP contribution in [0.1, 0.15) is 0 Å². The van der Waals surface area contributed by atoms with E-state index in [1.807, 2.05) is 0 Å². The second-order valence-electron chi connectivity index (χ2n) is 0. The van der Waals surface area contributed by atoms with Gasteiger partial charge < -0.3 is 0 Å². The maximum atomic E-state index is 0. The van der Waals surface area contributed by atoms with Gasteiger partial charge >= 0.3 is 45.5 Å². The van der Waals surface area contributed by atoms with Crippen molar-refractivity contribution in [3.63, 3.8) is 0 Å². The molecule has 0 saturated carbocycles. The van der Waals surface area contributed by atoms with Gasteiger partial charge in [-0.25, -0.2) is 0 Å². The molecule has 0 amide bonds. The monoisotopic (exact) mass is 188 g/mol. The van der Waals surface area contributed by atoms with E-state index >= 15 is 0 Å². The van der Waals surface area contributed by atoms with Gasteiger partial charge in [0.1, 0.15) is 0 Å². The quantitative estimate of drug-likeness (QED) is 0.306. The molecule has 0 heterocycles. The molecule has 0 aliphatic carbocycles. The Morgan fingerprint density at radius 3 is 1.00 bits per heavy atom. The maximum absolute atomic E-state index is 0. The van der Waals surface area contributed by atoms with Gasteiger partial charge in [-0.05, 0) is 0 Å². The molecule has 0 aliphatic rings. The van der Waals surface area contributed by atoms with Crippen molar-refractivity contribution in [2.24, 2.45) is 0 Å². The van der Waals surface area contributed by atoms with Crippen LogP contribution in [-0.2, 0) is 0 Å². The average molecular weight is 188 g/mol. The molecular formula is H10AlPSSr. The van der Waals surface area contributed by atoms with Crippen LogP contribution in [0.25, 0.3) is 0 Å². The van der Waals surface area contributed by atoms with Crippen molar-refractivity contribution in [1.29, 1.82) is 0 Å². The van der Waals surface area contributed by atoms with E-state index in [1.165, 1.54) is 0 Å². The number of hydrogen-bond acceptors (Lipinski definition) is 0. The Morgan fingerprint density at radius 2 is 1.00 bits per heavy atom. The van der Waals surface area contributed by atoms with Crippen LogP contribution in [0, 0.1) is 0 Å². The van der Waals surface area contributed by atoms with Crippen molar-refractivity contribution >= 4 is 86.2 Å². The van der Waals surface area contributed by atoms with E-state index in [2.05, 4.69) is 0 Å². The molecule has 0 bridgehead atoms. The molecule has 0 rings (SSSR count). The summed E-state index contributed by atoms with van der Waals surface area (Å²) in [6.45, 7) is 0.